The van der Waals surface area contributed by atoms with E-state index in [-0.39, 0.29) is 11.9 Å². The molecule has 3 N–H and O–H groups in total. The number of carbonyl (C=O) groups excluding carboxylic acids is 1. The molecule has 20 heavy (non-hydrogen) atoms. The van der Waals surface area contributed by atoms with Gasteiger partial charge in [-0.1, -0.05) is 0 Å². The van der Waals surface area contributed by atoms with Crippen LogP contribution in [0.1, 0.15) is 6.92 Å². The zero-order valence-corrected chi connectivity index (χ0v) is 11.9. The fourth-order valence-electron chi connectivity index (χ4n) is 2.17. The Balaban J connectivity index is 1.99. The first-order chi connectivity index (χ1) is 9.61. The lowest BCUT2D eigenvalue weighted by molar-refractivity contribution is -0.122. The third kappa shape index (κ3) is 3.40. The van der Waals surface area contributed by atoms with Crippen LogP contribution in [0.25, 0.3) is 0 Å². The van der Waals surface area contributed by atoms with Gasteiger partial charge in [-0.15, -0.1) is 0 Å². The second kappa shape index (κ2) is 6.58. The molecule has 1 atom stereocenters. The van der Waals surface area contributed by atoms with Crippen molar-refractivity contribution in [2.24, 2.45) is 0 Å². The molecular formula is C14H21N3O3. The quantitative estimate of drug-likeness (QED) is 0.802. The molecule has 1 heterocycles. The molecule has 0 radical (unpaired) electrons. The zero-order valence-electron chi connectivity index (χ0n) is 11.9. The Morgan fingerprint density at radius 1 is 1.45 bits per heavy atom. The van der Waals surface area contributed by atoms with Gasteiger partial charge < -0.3 is 20.5 Å². The van der Waals surface area contributed by atoms with Crippen molar-refractivity contribution in [1.29, 1.82) is 0 Å². The summed E-state index contributed by atoms with van der Waals surface area (Å²) in [5, 5.41) is 2.88. The highest BCUT2D eigenvalue weighted by atomic mass is 16.5. The summed E-state index contributed by atoms with van der Waals surface area (Å²) in [5.41, 5.74) is 6.98. The highest BCUT2D eigenvalue weighted by molar-refractivity contribution is 5.95. The van der Waals surface area contributed by atoms with Crippen LogP contribution in [0.15, 0.2) is 18.2 Å². The van der Waals surface area contributed by atoms with Crippen LogP contribution in [0.5, 0.6) is 5.75 Å². The van der Waals surface area contributed by atoms with Crippen molar-refractivity contribution in [2.75, 3.05) is 44.5 Å². The van der Waals surface area contributed by atoms with Gasteiger partial charge >= 0.3 is 0 Å². The van der Waals surface area contributed by atoms with Crippen LogP contribution in [0.3, 0.4) is 0 Å². The predicted molar refractivity (Wildman–Crippen MR) is 77.9 cm³/mol. The molecule has 1 aliphatic rings. The molecule has 6 nitrogen and oxygen atoms in total. The lowest BCUT2D eigenvalue weighted by atomic mass is 10.2. The highest BCUT2D eigenvalue weighted by Crippen LogP contribution is 2.25. The van der Waals surface area contributed by atoms with Crippen LogP contribution in [-0.2, 0) is 9.53 Å². The maximum absolute atomic E-state index is 12.2. The average Bonchev–Trinajstić information content (AvgIpc) is 2.49. The van der Waals surface area contributed by atoms with Gasteiger partial charge in [0.15, 0.2) is 0 Å². The van der Waals surface area contributed by atoms with Gasteiger partial charge in [0.1, 0.15) is 5.75 Å². The number of nitrogens with two attached hydrogens (primary N) is 1. The number of anilines is 2. The minimum atomic E-state index is -0.192. The zero-order chi connectivity index (χ0) is 14.5. The minimum absolute atomic E-state index is 0.0428. The van der Waals surface area contributed by atoms with Crippen LogP contribution >= 0.6 is 0 Å². The summed E-state index contributed by atoms with van der Waals surface area (Å²) in [6, 6.07) is 5.01. The molecule has 110 valence electrons. The van der Waals surface area contributed by atoms with Crippen LogP contribution in [0.4, 0.5) is 11.4 Å². The first-order valence-electron chi connectivity index (χ1n) is 6.68. The molecule has 6 heteroatoms. The Labute approximate surface area is 118 Å². The van der Waals surface area contributed by atoms with Gasteiger partial charge in [-0.05, 0) is 19.1 Å². The minimum Gasteiger partial charge on any atom is -0.495 e. The maximum atomic E-state index is 12.2. The third-order valence-corrected chi connectivity index (χ3v) is 3.47. The Morgan fingerprint density at radius 3 is 2.80 bits per heavy atom. The number of hydrogen-bond donors (Lipinski definition) is 2. The lowest BCUT2D eigenvalue weighted by Gasteiger charge is -2.31. The molecule has 1 aliphatic heterocycles. The summed E-state index contributed by atoms with van der Waals surface area (Å²) in [7, 11) is 1.55. The van der Waals surface area contributed by atoms with Gasteiger partial charge in [0.2, 0.25) is 5.91 Å². The summed E-state index contributed by atoms with van der Waals surface area (Å²) in [6.45, 7) is 4.80. The van der Waals surface area contributed by atoms with Crippen molar-refractivity contribution in [1.82, 2.24) is 4.90 Å². The van der Waals surface area contributed by atoms with E-state index in [4.69, 9.17) is 15.2 Å². The molecule has 0 bridgehead atoms. The van der Waals surface area contributed by atoms with E-state index >= 15 is 0 Å². The largest absolute Gasteiger partial charge is 0.495 e. The van der Waals surface area contributed by atoms with Gasteiger partial charge in [-0.2, -0.15) is 0 Å². The molecule has 0 saturated carbocycles. The number of carbonyl (C=O) groups is 1. The summed E-state index contributed by atoms with van der Waals surface area (Å²) in [5.74, 6) is 0.514. The van der Waals surface area contributed by atoms with Crippen molar-refractivity contribution < 1.29 is 14.3 Å². The molecule has 1 amide bonds. The molecule has 0 aromatic heterocycles. The van der Waals surface area contributed by atoms with Crippen molar-refractivity contribution >= 4 is 17.3 Å². The van der Waals surface area contributed by atoms with E-state index in [2.05, 4.69) is 10.2 Å². The van der Waals surface area contributed by atoms with Crippen LogP contribution < -0.4 is 15.8 Å². The number of nitrogen functional groups attached to an aromatic ring is 1. The van der Waals surface area contributed by atoms with Gasteiger partial charge in [-0.3, -0.25) is 9.69 Å². The molecule has 1 aromatic carbocycles. The summed E-state index contributed by atoms with van der Waals surface area (Å²) < 4.78 is 10.4. The van der Waals surface area contributed by atoms with Gasteiger partial charge in [0, 0.05) is 24.8 Å². The van der Waals surface area contributed by atoms with E-state index in [1.165, 1.54) is 0 Å². The fraction of sp³-hybridized carbons (Fsp3) is 0.500. The standard InChI is InChI=1S/C14H21N3O3/c1-10(17-5-7-20-8-6-17)14(18)16-11-3-4-12(15)13(9-11)19-2/h3-4,9-10H,5-8,15H2,1-2H3,(H,16,18). The molecule has 1 saturated heterocycles. The average molecular weight is 279 g/mol. The first-order valence-corrected chi connectivity index (χ1v) is 6.68. The molecule has 1 unspecified atom stereocenters. The molecule has 1 aromatic rings. The molecule has 1 fully saturated rings. The SMILES string of the molecule is COc1cc(NC(=O)C(C)N2CCOCC2)ccc1N. The second-order valence-electron chi connectivity index (χ2n) is 4.77. The van der Waals surface area contributed by atoms with Gasteiger partial charge in [0.25, 0.3) is 0 Å². The number of hydrogen-bond acceptors (Lipinski definition) is 5. The van der Waals surface area contributed by atoms with Crippen molar-refractivity contribution in [3.63, 3.8) is 0 Å². The summed E-state index contributed by atoms with van der Waals surface area (Å²) in [4.78, 5) is 14.3. The number of benzene rings is 1. The van der Waals surface area contributed by atoms with E-state index in [0.717, 1.165) is 13.1 Å². The van der Waals surface area contributed by atoms with E-state index in [9.17, 15) is 4.79 Å². The monoisotopic (exact) mass is 279 g/mol. The van der Waals surface area contributed by atoms with Crippen molar-refractivity contribution in [2.45, 2.75) is 13.0 Å². The summed E-state index contributed by atoms with van der Waals surface area (Å²) in [6.07, 6.45) is 0. The van der Waals surface area contributed by atoms with Gasteiger partial charge in [0.05, 0.1) is 32.1 Å². The smallest absolute Gasteiger partial charge is 0.241 e. The number of ether oxygens (including phenoxy) is 2. The molecule has 2 rings (SSSR count). The molecule has 0 aliphatic carbocycles. The number of amides is 1. The van der Waals surface area contributed by atoms with E-state index in [0.29, 0.717) is 30.3 Å². The number of nitrogens with one attached hydrogen (secondary N) is 1. The van der Waals surface area contributed by atoms with Gasteiger partial charge in [-0.25, -0.2) is 0 Å². The number of rotatable bonds is 4. The second-order valence-corrected chi connectivity index (χ2v) is 4.77. The lowest BCUT2D eigenvalue weighted by Crippen LogP contribution is -2.47. The van der Waals surface area contributed by atoms with Crippen LogP contribution in [0, 0.1) is 0 Å². The predicted octanol–water partition coefficient (Wildman–Crippen LogP) is 0.937. The van der Waals surface area contributed by atoms with E-state index in [1.807, 2.05) is 6.92 Å². The Hall–Kier alpha value is -1.79. The number of methoxy groups -OCH3 is 1. The van der Waals surface area contributed by atoms with Crippen molar-refractivity contribution in [3.05, 3.63) is 18.2 Å². The van der Waals surface area contributed by atoms with Crippen LogP contribution in [0.2, 0.25) is 0 Å². The van der Waals surface area contributed by atoms with E-state index < -0.39 is 0 Å². The maximum Gasteiger partial charge on any atom is 0.241 e. The topological polar surface area (TPSA) is 76.8 Å². The molecular weight excluding hydrogens is 258 g/mol. The highest BCUT2D eigenvalue weighted by Gasteiger charge is 2.23. The summed E-state index contributed by atoms with van der Waals surface area (Å²) >= 11 is 0. The van der Waals surface area contributed by atoms with Crippen molar-refractivity contribution in [3.8, 4) is 5.75 Å². The number of nitrogens with zero attached hydrogens (tertiary/aromatic N) is 1. The normalized spacial score (nSPS) is 17.5. The third-order valence-electron chi connectivity index (χ3n) is 3.47. The van der Waals surface area contributed by atoms with E-state index in [1.54, 1.807) is 25.3 Å². The fourth-order valence-corrected chi connectivity index (χ4v) is 2.17. The van der Waals surface area contributed by atoms with Crippen LogP contribution in [-0.4, -0.2) is 50.3 Å². The Morgan fingerprint density at radius 2 is 2.15 bits per heavy atom. The Kier molecular flexibility index (Phi) is 4.81. The number of morpholine rings is 1. The first kappa shape index (κ1) is 14.6. The Bertz CT molecular complexity index is 473. The molecule has 0 spiro atoms.